The van der Waals surface area contributed by atoms with Crippen LogP contribution in [0.15, 0.2) is 54.6 Å². The van der Waals surface area contributed by atoms with Crippen molar-refractivity contribution < 1.29 is 19.4 Å². The van der Waals surface area contributed by atoms with E-state index in [1.807, 2.05) is 37.3 Å². The molecule has 0 unspecified atom stereocenters. The van der Waals surface area contributed by atoms with Crippen LogP contribution in [-0.4, -0.2) is 33.7 Å². The molecule has 0 bridgehead atoms. The fourth-order valence-electron chi connectivity index (χ4n) is 2.93. The van der Waals surface area contributed by atoms with Crippen molar-refractivity contribution in [3.63, 3.8) is 0 Å². The smallest absolute Gasteiger partial charge is 0.307 e. The summed E-state index contributed by atoms with van der Waals surface area (Å²) in [5.74, 6) is -0.850. The van der Waals surface area contributed by atoms with Gasteiger partial charge in [-0.1, -0.05) is 29.8 Å². The van der Waals surface area contributed by atoms with Crippen LogP contribution in [0.2, 0.25) is 5.15 Å². The molecule has 0 spiro atoms. The molecule has 2 aromatic carbocycles. The number of hydrogen-bond acceptors (Lipinski definition) is 4. The highest BCUT2D eigenvalue weighted by Crippen LogP contribution is 2.25. The number of allylic oxidation sites excluding steroid dienone is 1. The molecule has 1 aromatic heterocycles. The van der Waals surface area contributed by atoms with Crippen LogP contribution in [0.4, 0.5) is 0 Å². The first-order valence-electron chi connectivity index (χ1n) is 8.82. The van der Waals surface area contributed by atoms with Crippen LogP contribution in [0, 0.1) is 6.92 Å². The van der Waals surface area contributed by atoms with Crippen molar-refractivity contribution >= 4 is 29.4 Å². The third kappa shape index (κ3) is 4.55. The number of halogens is 1. The zero-order valence-electron chi connectivity index (χ0n) is 15.9. The topological polar surface area (TPSA) is 81.4 Å². The quantitative estimate of drug-likeness (QED) is 0.462. The average molecular weight is 411 g/mol. The van der Waals surface area contributed by atoms with E-state index in [1.165, 1.54) is 19.3 Å². The zero-order chi connectivity index (χ0) is 21.0. The molecule has 0 amide bonds. The van der Waals surface area contributed by atoms with Crippen LogP contribution in [-0.2, 0) is 11.2 Å². The Kier molecular flexibility index (Phi) is 6.14. The Hall–Kier alpha value is -3.38. The second kappa shape index (κ2) is 8.75. The second-order valence-corrected chi connectivity index (χ2v) is 6.69. The van der Waals surface area contributed by atoms with Gasteiger partial charge >= 0.3 is 5.97 Å². The maximum absolute atomic E-state index is 12.6. The number of carboxylic acids is 1. The van der Waals surface area contributed by atoms with Crippen molar-refractivity contribution in [3.05, 3.63) is 82.1 Å². The Morgan fingerprint density at radius 2 is 1.93 bits per heavy atom. The number of nitrogens with zero attached hydrogens (tertiary/aromatic N) is 2. The van der Waals surface area contributed by atoms with Crippen LogP contribution < -0.4 is 4.74 Å². The van der Waals surface area contributed by atoms with E-state index in [9.17, 15) is 9.59 Å². The summed E-state index contributed by atoms with van der Waals surface area (Å²) in [6, 6.07) is 14.2. The molecule has 1 N–H and O–H groups in total. The number of ketones is 1. The van der Waals surface area contributed by atoms with Crippen molar-refractivity contribution in [1.82, 2.24) is 9.78 Å². The zero-order valence-corrected chi connectivity index (χ0v) is 16.7. The van der Waals surface area contributed by atoms with Gasteiger partial charge in [0, 0.05) is 16.7 Å². The summed E-state index contributed by atoms with van der Waals surface area (Å²) < 4.78 is 6.78. The highest BCUT2D eigenvalue weighted by molar-refractivity contribution is 6.31. The molecule has 6 nitrogen and oxygen atoms in total. The summed E-state index contributed by atoms with van der Waals surface area (Å²) in [5.41, 5.74) is 2.94. The number of carboxylic acid groups (broad SMARTS) is 1. The van der Waals surface area contributed by atoms with Crippen LogP contribution >= 0.6 is 11.6 Å². The molecular formula is C22H19ClN2O4. The minimum absolute atomic E-state index is 0.233. The predicted octanol–water partition coefficient (Wildman–Crippen LogP) is 4.37. The molecule has 3 rings (SSSR count). The van der Waals surface area contributed by atoms with E-state index >= 15 is 0 Å². The largest absolute Gasteiger partial charge is 0.496 e. The van der Waals surface area contributed by atoms with Gasteiger partial charge in [0.25, 0.3) is 0 Å². The van der Waals surface area contributed by atoms with Gasteiger partial charge in [0.2, 0.25) is 0 Å². The van der Waals surface area contributed by atoms with E-state index in [4.69, 9.17) is 21.4 Å². The number of carbonyl (C=O) groups is 2. The van der Waals surface area contributed by atoms with Crippen LogP contribution in [0.3, 0.4) is 0 Å². The van der Waals surface area contributed by atoms with Crippen molar-refractivity contribution in [3.8, 4) is 11.4 Å². The summed E-state index contributed by atoms with van der Waals surface area (Å²) in [6.07, 6.45) is 2.79. The maximum Gasteiger partial charge on any atom is 0.307 e. The molecule has 0 radical (unpaired) electrons. The SMILES string of the molecule is COc1ccc(C(=O)/C=C/c2c(C)nn(-c3ccccc3)c2Cl)cc1CC(=O)O. The highest BCUT2D eigenvalue weighted by Gasteiger charge is 2.14. The van der Waals surface area contributed by atoms with E-state index in [0.717, 1.165) is 5.69 Å². The Morgan fingerprint density at radius 1 is 1.21 bits per heavy atom. The lowest BCUT2D eigenvalue weighted by Gasteiger charge is -2.08. The lowest BCUT2D eigenvalue weighted by atomic mass is 10.0. The Morgan fingerprint density at radius 3 is 2.59 bits per heavy atom. The summed E-state index contributed by atoms with van der Waals surface area (Å²) in [7, 11) is 1.46. The number of benzene rings is 2. The van der Waals surface area contributed by atoms with Gasteiger partial charge in [-0.3, -0.25) is 9.59 Å². The number of ether oxygens (including phenoxy) is 1. The predicted molar refractivity (Wildman–Crippen MR) is 111 cm³/mol. The second-order valence-electron chi connectivity index (χ2n) is 6.33. The van der Waals surface area contributed by atoms with Gasteiger partial charge in [-0.2, -0.15) is 5.10 Å². The Labute approximate surface area is 173 Å². The van der Waals surface area contributed by atoms with Gasteiger partial charge in [-0.25, -0.2) is 4.68 Å². The summed E-state index contributed by atoms with van der Waals surface area (Å²) in [4.78, 5) is 23.7. The lowest BCUT2D eigenvalue weighted by Crippen LogP contribution is -2.04. The maximum atomic E-state index is 12.6. The van der Waals surface area contributed by atoms with Gasteiger partial charge in [-0.05, 0) is 49.4 Å². The molecule has 0 aliphatic carbocycles. The molecule has 0 atom stereocenters. The molecule has 148 valence electrons. The molecule has 29 heavy (non-hydrogen) atoms. The number of aryl methyl sites for hydroxylation is 1. The molecule has 0 fully saturated rings. The lowest BCUT2D eigenvalue weighted by molar-refractivity contribution is -0.136. The van der Waals surface area contributed by atoms with Crippen LogP contribution in [0.1, 0.15) is 27.2 Å². The Balaban J connectivity index is 1.88. The molecule has 0 aliphatic heterocycles. The fraction of sp³-hybridized carbons (Fsp3) is 0.136. The van der Waals surface area contributed by atoms with Crippen molar-refractivity contribution in [2.75, 3.05) is 7.11 Å². The van der Waals surface area contributed by atoms with E-state index < -0.39 is 5.97 Å². The summed E-state index contributed by atoms with van der Waals surface area (Å²) in [6.45, 7) is 1.81. The van der Waals surface area contributed by atoms with Gasteiger partial charge in [0.1, 0.15) is 10.9 Å². The van der Waals surface area contributed by atoms with Crippen molar-refractivity contribution in [2.45, 2.75) is 13.3 Å². The van der Waals surface area contributed by atoms with Gasteiger partial charge < -0.3 is 9.84 Å². The fourth-order valence-corrected chi connectivity index (χ4v) is 3.26. The monoisotopic (exact) mass is 410 g/mol. The molecule has 0 aliphatic rings. The van der Waals surface area contributed by atoms with Gasteiger partial charge in [0.05, 0.1) is 24.9 Å². The number of methoxy groups -OCH3 is 1. The third-order valence-electron chi connectivity index (χ3n) is 4.36. The minimum Gasteiger partial charge on any atom is -0.496 e. The van der Waals surface area contributed by atoms with Crippen LogP contribution in [0.25, 0.3) is 11.8 Å². The molecule has 0 saturated carbocycles. The normalized spacial score (nSPS) is 11.0. The first-order chi connectivity index (χ1) is 13.9. The standard InChI is InChI=1S/C22H19ClN2O4/c1-14-18(22(23)25(24-14)17-6-4-3-5-7-17)9-10-19(26)15-8-11-20(29-2)16(12-15)13-21(27)28/h3-12H,13H2,1-2H3,(H,27,28)/b10-9+. The van der Waals surface area contributed by atoms with E-state index in [1.54, 1.807) is 22.9 Å². The van der Waals surface area contributed by atoms with Crippen molar-refractivity contribution in [1.29, 1.82) is 0 Å². The first-order valence-corrected chi connectivity index (χ1v) is 9.20. The van der Waals surface area contributed by atoms with E-state index in [0.29, 0.717) is 33.3 Å². The molecule has 0 saturated heterocycles. The van der Waals surface area contributed by atoms with Crippen LogP contribution in [0.5, 0.6) is 5.75 Å². The molecule has 1 heterocycles. The minimum atomic E-state index is -1.00. The number of hydrogen-bond donors (Lipinski definition) is 1. The molecular weight excluding hydrogens is 392 g/mol. The third-order valence-corrected chi connectivity index (χ3v) is 4.72. The van der Waals surface area contributed by atoms with Gasteiger partial charge in [0.15, 0.2) is 5.78 Å². The highest BCUT2D eigenvalue weighted by atomic mass is 35.5. The molecule has 3 aromatic rings. The average Bonchev–Trinajstić information content (AvgIpc) is 3.00. The summed E-state index contributed by atoms with van der Waals surface area (Å²) >= 11 is 6.47. The number of aromatic nitrogens is 2. The Bertz CT molecular complexity index is 1090. The van der Waals surface area contributed by atoms with Gasteiger partial charge in [-0.15, -0.1) is 0 Å². The summed E-state index contributed by atoms with van der Waals surface area (Å²) in [5, 5.41) is 13.9. The van der Waals surface area contributed by atoms with E-state index in [-0.39, 0.29) is 12.2 Å². The number of rotatable bonds is 7. The van der Waals surface area contributed by atoms with Crippen molar-refractivity contribution in [2.24, 2.45) is 0 Å². The van der Waals surface area contributed by atoms with E-state index in [2.05, 4.69) is 5.10 Å². The number of carbonyl (C=O) groups excluding carboxylic acids is 1. The number of aliphatic carboxylic acids is 1. The molecule has 7 heteroatoms. The first kappa shape index (κ1) is 20.4. The number of para-hydroxylation sites is 1.